The highest BCUT2D eigenvalue weighted by molar-refractivity contribution is 5.77. The summed E-state index contributed by atoms with van der Waals surface area (Å²) in [5.41, 5.74) is 6.15. The Morgan fingerprint density at radius 2 is 2.11 bits per heavy atom. The molecule has 4 heteroatoms. The third kappa shape index (κ3) is 4.11. The Morgan fingerprint density at radius 1 is 1.44 bits per heavy atom. The van der Waals surface area contributed by atoms with Crippen LogP contribution in [0, 0.1) is 5.82 Å². The molecular formula is C14H21FN2O. The first-order valence-corrected chi connectivity index (χ1v) is 6.32. The van der Waals surface area contributed by atoms with Crippen LogP contribution in [0.3, 0.4) is 0 Å². The minimum atomic E-state index is -0.302. The number of nitrogens with two attached hydrogens (primary N) is 1. The zero-order chi connectivity index (χ0) is 13.5. The molecule has 100 valence electrons. The van der Waals surface area contributed by atoms with Crippen molar-refractivity contribution in [2.45, 2.75) is 38.6 Å². The van der Waals surface area contributed by atoms with E-state index < -0.39 is 0 Å². The monoisotopic (exact) mass is 252 g/mol. The highest BCUT2D eigenvalue weighted by Gasteiger charge is 2.18. The molecule has 0 aliphatic heterocycles. The number of hydrogen-bond acceptors (Lipinski definition) is 2. The lowest BCUT2D eigenvalue weighted by Gasteiger charge is -2.17. The van der Waals surface area contributed by atoms with Gasteiger partial charge in [0.1, 0.15) is 5.82 Å². The molecule has 3 N–H and O–H groups in total. The maximum absolute atomic E-state index is 13.6. The van der Waals surface area contributed by atoms with Crippen LogP contribution in [0.5, 0.6) is 0 Å². The van der Waals surface area contributed by atoms with Gasteiger partial charge >= 0.3 is 0 Å². The van der Waals surface area contributed by atoms with Crippen LogP contribution in [0.25, 0.3) is 0 Å². The normalized spacial score (nSPS) is 14.0. The summed E-state index contributed by atoms with van der Waals surface area (Å²) in [6.07, 6.45) is 1.10. The van der Waals surface area contributed by atoms with E-state index in [0.717, 1.165) is 6.42 Å². The largest absolute Gasteiger partial charge is 0.354 e. The summed E-state index contributed by atoms with van der Waals surface area (Å²) in [5, 5.41) is 2.87. The zero-order valence-electron chi connectivity index (χ0n) is 10.9. The van der Waals surface area contributed by atoms with Crippen molar-refractivity contribution in [1.29, 1.82) is 0 Å². The van der Waals surface area contributed by atoms with Gasteiger partial charge in [-0.1, -0.05) is 25.1 Å². The van der Waals surface area contributed by atoms with Crippen LogP contribution in [0.1, 0.15) is 38.2 Å². The molecule has 1 amide bonds. The van der Waals surface area contributed by atoms with Crippen molar-refractivity contribution in [3.63, 3.8) is 0 Å². The van der Waals surface area contributed by atoms with Gasteiger partial charge in [0.05, 0.1) is 0 Å². The van der Waals surface area contributed by atoms with E-state index in [4.69, 9.17) is 5.73 Å². The summed E-state index contributed by atoms with van der Waals surface area (Å²) in [4.78, 5) is 11.8. The molecule has 1 aromatic carbocycles. The first-order valence-electron chi connectivity index (χ1n) is 6.32. The van der Waals surface area contributed by atoms with Crippen LogP contribution in [-0.4, -0.2) is 18.5 Å². The first-order chi connectivity index (χ1) is 8.58. The Labute approximate surface area is 108 Å². The summed E-state index contributed by atoms with van der Waals surface area (Å²) in [7, 11) is 0. The molecule has 0 aliphatic rings. The molecule has 18 heavy (non-hydrogen) atoms. The number of halogens is 1. The Bertz CT molecular complexity index is 395. The lowest BCUT2D eigenvalue weighted by atomic mass is 9.95. The average molecular weight is 252 g/mol. The number of carbonyl (C=O) groups excluding carboxylic acids is 1. The fourth-order valence-electron chi connectivity index (χ4n) is 1.79. The van der Waals surface area contributed by atoms with Crippen molar-refractivity contribution in [3.8, 4) is 0 Å². The molecule has 2 atom stereocenters. The second kappa shape index (κ2) is 7.11. The predicted molar refractivity (Wildman–Crippen MR) is 70.7 cm³/mol. The van der Waals surface area contributed by atoms with Gasteiger partial charge in [-0.05, 0) is 31.5 Å². The summed E-state index contributed by atoms with van der Waals surface area (Å²) in [6, 6.07) is 6.60. The molecule has 1 rings (SSSR count). The van der Waals surface area contributed by atoms with Crippen LogP contribution in [0.15, 0.2) is 24.3 Å². The van der Waals surface area contributed by atoms with Crippen molar-refractivity contribution in [2.75, 3.05) is 6.54 Å². The molecule has 0 heterocycles. The molecule has 0 fully saturated rings. The minimum absolute atomic E-state index is 0.0805. The number of amides is 1. The van der Waals surface area contributed by atoms with Gasteiger partial charge in [0.25, 0.3) is 0 Å². The molecule has 3 nitrogen and oxygen atoms in total. The first kappa shape index (κ1) is 14.6. The van der Waals surface area contributed by atoms with E-state index in [1.807, 2.05) is 13.8 Å². The van der Waals surface area contributed by atoms with Crippen molar-refractivity contribution >= 4 is 5.91 Å². The van der Waals surface area contributed by atoms with Crippen LogP contribution >= 0.6 is 0 Å². The van der Waals surface area contributed by atoms with Crippen molar-refractivity contribution in [3.05, 3.63) is 35.6 Å². The fraction of sp³-hybridized carbons (Fsp3) is 0.500. The topological polar surface area (TPSA) is 55.1 Å². The van der Waals surface area contributed by atoms with Gasteiger partial charge in [0.15, 0.2) is 0 Å². The number of carbonyl (C=O) groups is 1. The van der Waals surface area contributed by atoms with Gasteiger partial charge in [-0.3, -0.25) is 4.79 Å². The third-order valence-corrected chi connectivity index (χ3v) is 3.08. The molecular weight excluding hydrogens is 231 g/mol. The molecule has 0 radical (unpaired) electrons. The zero-order valence-corrected chi connectivity index (χ0v) is 10.9. The van der Waals surface area contributed by atoms with Crippen molar-refractivity contribution in [1.82, 2.24) is 5.32 Å². The lowest BCUT2D eigenvalue weighted by Crippen LogP contribution is -2.34. The third-order valence-electron chi connectivity index (χ3n) is 3.08. The number of rotatable bonds is 6. The van der Waals surface area contributed by atoms with E-state index >= 15 is 0 Å². The van der Waals surface area contributed by atoms with E-state index in [0.29, 0.717) is 5.56 Å². The SMILES string of the molecule is CCC(C)NC(=O)CC(CN)c1ccccc1F. The Morgan fingerprint density at radius 3 is 2.67 bits per heavy atom. The van der Waals surface area contributed by atoms with Crippen LogP contribution in [0.4, 0.5) is 4.39 Å². The van der Waals surface area contributed by atoms with Crippen molar-refractivity contribution < 1.29 is 9.18 Å². The van der Waals surface area contributed by atoms with Crippen LogP contribution in [0.2, 0.25) is 0 Å². The molecule has 0 saturated heterocycles. The summed E-state index contributed by atoms with van der Waals surface area (Å²) in [5.74, 6) is -0.650. The summed E-state index contributed by atoms with van der Waals surface area (Å²) < 4.78 is 13.6. The van der Waals surface area contributed by atoms with Gasteiger partial charge in [-0.25, -0.2) is 4.39 Å². The molecule has 1 aromatic rings. The van der Waals surface area contributed by atoms with Crippen molar-refractivity contribution in [2.24, 2.45) is 5.73 Å². The Balaban J connectivity index is 2.68. The fourth-order valence-corrected chi connectivity index (χ4v) is 1.79. The van der Waals surface area contributed by atoms with E-state index in [1.165, 1.54) is 6.07 Å². The predicted octanol–water partition coefficient (Wildman–Crippen LogP) is 2.17. The van der Waals surface area contributed by atoms with Gasteiger partial charge in [0, 0.05) is 18.4 Å². The smallest absolute Gasteiger partial charge is 0.220 e. The second-order valence-corrected chi connectivity index (χ2v) is 4.54. The van der Waals surface area contributed by atoms with E-state index in [-0.39, 0.29) is 36.6 Å². The maximum atomic E-state index is 13.6. The quantitative estimate of drug-likeness (QED) is 0.815. The van der Waals surface area contributed by atoms with E-state index in [9.17, 15) is 9.18 Å². The molecule has 2 unspecified atom stereocenters. The average Bonchev–Trinajstić information content (AvgIpc) is 2.36. The molecule has 0 spiro atoms. The highest BCUT2D eigenvalue weighted by atomic mass is 19.1. The highest BCUT2D eigenvalue weighted by Crippen LogP contribution is 2.21. The van der Waals surface area contributed by atoms with Crippen LogP contribution in [-0.2, 0) is 4.79 Å². The number of nitrogens with one attached hydrogen (secondary N) is 1. The Hall–Kier alpha value is -1.42. The van der Waals surface area contributed by atoms with Crippen LogP contribution < -0.4 is 11.1 Å². The van der Waals surface area contributed by atoms with E-state index in [1.54, 1.807) is 18.2 Å². The van der Waals surface area contributed by atoms with Gasteiger partial charge in [-0.2, -0.15) is 0 Å². The molecule has 0 bridgehead atoms. The van der Waals surface area contributed by atoms with Gasteiger partial charge in [0.2, 0.25) is 5.91 Å². The number of benzene rings is 1. The Kier molecular flexibility index (Phi) is 5.78. The summed E-state index contributed by atoms with van der Waals surface area (Å²) in [6.45, 7) is 4.20. The van der Waals surface area contributed by atoms with E-state index in [2.05, 4.69) is 5.32 Å². The summed E-state index contributed by atoms with van der Waals surface area (Å²) >= 11 is 0. The minimum Gasteiger partial charge on any atom is -0.354 e. The maximum Gasteiger partial charge on any atom is 0.220 e. The molecule has 0 saturated carbocycles. The lowest BCUT2D eigenvalue weighted by molar-refractivity contribution is -0.122. The van der Waals surface area contributed by atoms with Gasteiger partial charge in [-0.15, -0.1) is 0 Å². The number of hydrogen-bond donors (Lipinski definition) is 2. The molecule has 0 aromatic heterocycles. The molecule has 0 aliphatic carbocycles. The standard InChI is InChI=1S/C14H21FN2O/c1-3-10(2)17-14(18)8-11(9-16)12-6-4-5-7-13(12)15/h4-7,10-11H,3,8-9,16H2,1-2H3,(H,17,18). The van der Waals surface area contributed by atoms with Gasteiger partial charge < -0.3 is 11.1 Å². The second-order valence-electron chi connectivity index (χ2n) is 4.54.